The third-order valence-corrected chi connectivity index (χ3v) is 1.34. The summed E-state index contributed by atoms with van der Waals surface area (Å²) in [7, 11) is 1.26. The first kappa shape index (κ1) is 11.2. The van der Waals surface area contributed by atoms with Gasteiger partial charge in [-0.15, -0.1) is 0 Å². The molecule has 0 fully saturated rings. The smallest absolute Gasteiger partial charge is 0.410 e. The summed E-state index contributed by atoms with van der Waals surface area (Å²) in [5.41, 5.74) is 0. The number of nitrogens with zero attached hydrogens (tertiary/aromatic N) is 1. The molecule has 5 heteroatoms. The Morgan fingerprint density at radius 3 is 2.67 bits per heavy atom. The molecule has 4 nitrogen and oxygen atoms in total. The average molecular weight is 236 g/mol. The van der Waals surface area contributed by atoms with E-state index in [0.717, 1.165) is 0 Å². The van der Waals surface area contributed by atoms with Gasteiger partial charge in [0.25, 0.3) is 0 Å². The minimum Gasteiger partial charge on any atom is -0.453 e. The highest BCUT2D eigenvalue weighted by molar-refractivity contribution is 9.11. The van der Waals surface area contributed by atoms with Gasteiger partial charge >= 0.3 is 6.09 Å². The van der Waals surface area contributed by atoms with Gasteiger partial charge in [0.05, 0.1) is 20.2 Å². The molecule has 0 rings (SSSR count). The van der Waals surface area contributed by atoms with Gasteiger partial charge in [-0.1, -0.05) is 22.5 Å². The van der Waals surface area contributed by atoms with E-state index in [2.05, 4.69) is 27.2 Å². The minimum absolute atomic E-state index is 0.0112. The number of rotatable bonds is 4. The molecule has 0 aromatic rings. The lowest BCUT2D eigenvalue weighted by Gasteiger charge is -2.17. The number of ether oxygens (including phenoxy) is 1. The monoisotopic (exact) mass is 235 g/mol. The van der Waals surface area contributed by atoms with E-state index in [4.69, 9.17) is 0 Å². The Morgan fingerprint density at radius 1 is 1.75 bits per heavy atom. The van der Waals surface area contributed by atoms with Crippen LogP contribution in [0.4, 0.5) is 4.79 Å². The number of hydrogen-bond donors (Lipinski definition) is 0. The lowest BCUT2D eigenvalue weighted by atomic mass is 10.5. The van der Waals surface area contributed by atoms with Crippen LogP contribution < -0.4 is 0 Å². The van der Waals surface area contributed by atoms with Crippen LogP contribution in [0.25, 0.3) is 0 Å². The molecule has 12 heavy (non-hydrogen) atoms. The molecular formula is C7H10BrNO3. The van der Waals surface area contributed by atoms with Crippen molar-refractivity contribution in [3.05, 3.63) is 11.1 Å². The van der Waals surface area contributed by atoms with Crippen molar-refractivity contribution < 1.29 is 14.3 Å². The first-order valence-electron chi connectivity index (χ1n) is 3.21. The fraction of sp³-hybridized carbons (Fsp3) is 0.429. The lowest BCUT2D eigenvalue weighted by Crippen LogP contribution is -2.33. The third-order valence-electron chi connectivity index (χ3n) is 1.09. The Labute approximate surface area is 79.3 Å². The highest BCUT2D eigenvalue weighted by Crippen LogP contribution is 2.04. The SMILES string of the molecule is C=C(Br)CN(CC=O)C(=O)OC. The lowest BCUT2D eigenvalue weighted by molar-refractivity contribution is -0.108. The Hall–Kier alpha value is -0.840. The van der Waals surface area contributed by atoms with E-state index in [-0.39, 0.29) is 13.1 Å². The van der Waals surface area contributed by atoms with Gasteiger partial charge in [0.1, 0.15) is 6.29 Å². The van der Waals surface area contributed by atoms with Crippen molar-refractivity contribution in [3.63, 3.8) is 0 Å². The molecule has 0 aliphatic carbocycles. The molecule has 0 radical (unpaired) electrons. The average Bonchev–Trinajstić information content (AvgIpc) is 2.01. The van der Waals surface area contributed by atoms with Crippen LogP contribution in [-0.2, 0) is 9.53 Å². The van der Waals surface area contributed by atoms with Crippen LogP contribution in [-0.4, -0.2) is 37.5 Å². The fourth-order valence-electron chi connectivity index (χ4n) is 0.630. The summed E-state index contributed by atoms with van der Waals surface area (Å²) >= 11 is 3.08. The quantitative estimate of drug-likeness (QED) is 0.688. The van der Waals surface area contributed by atoms with Crippen molar-refractivity contribution in [2.45, 2.75) is 0 Å². The second-order valence-electron chi connectivity index (χ2n) is 2.03. The second kappa shape index (κ2) is 5.77. The summed E-state index contributed by atoms with van der Waals surface area (Å²) in [6.45, 7) is 3.83. The van der Waals surface area contributed by atoms with Gasteiger partial charge in [-0.3, -0.25) is 4.90 Å². The molecule has 0 spiro atoms. The van der Waals surface area contributed by atoms with Gasteiger partial charge < -0.3 is 9.53 Å². The van der Waals surface area contributed by atoms with Crippen LogP contribution >= 0.6 is 15.9 Å². The molecule has 0 aromatic carbocycles. The van der Waals surface area contributed by atoms with Crippen molar-refractivity contribution in [2.75, 3.05) is 20.2 Å². The maximum atomic E-state index is 10.9. The number of hydrogen-bond acceptors (Lipinski definition) is 3. The summed E-state index contributed by atoms with van der Waals surface area (Å²) in [6.07, 6.45) is 0.0926. The molecule has 0 saturated heterocycles. The molecule has 0 bridgehead atoms. The molecule has 0 aliphatic heterocycles. The molecule has 0 unspecified atom stereocenters. The highest BCUT2D eigenvalue weighted by Gasteiger charge is 2.12. The van der Waals surface area contributed by atoms with E-state index >= 15 is 0 Å². The predicted molar refractivity (Wildman–Crippen MR) is 48.1 cm³/mol. The minimum atomic E-state index is -0.539. The molecule has 0 aliphatic rings. The molecule has 68 valence electrons. The van der Waals surface area contributed by atoms with Crippen LogP contribution in [0.2, 0.25) is 0 Å². The number of halogens is 1. The van der Waals surface area contributed by atoms with Crippen LogP contribution in [0.3, 0.4) is 0 Å². The molecular weight excluding hydrogens is 226 g/mol. The Bertz CT molecular complexity index is 193. The van der Waals surface area contributed by atoms with Crippen LogP contribution in [0.15, 0.2) is 11.1 Å². The molecule has 0 aromatic heterocycles. The van der Waals surface area contributed by atoms with E-state index < -0.39 is 6.09 Å². The maximum Gasteiger partial charge on any atom is 0.410 e. The number of methoxy groups -OCH3 is 1. The predicted octanol–water partition coefficient (Wildman–Crippen LogP) is 1.16. The summed E-state index contributed by atoms with van der Waals surface area (Å²) in [5, 5.41) is 0. The van der Waals surface area contributed by atoms with Crippen molar-refractivity contribution in [1.29, 1.82) is 0 Å². The number of carbonyl (C=O) groups excluding carboxylic acids is 2. The standard InChI is InChI=1S/C7H10BrNO3/c1-6(8)5-9(3-4-10)7(11)12-2/h4H,1,3,5H2,2H3. The fourth-order valence-corrected chi connectivity index (χ4v) is 0.933. The summed E-state index contributed by atoms with van der Waals surface area (Å²) < 4.78 is 5.05. The van der Waals surface area contributed by atoms with E-state index in [1.807, 2.05) is 0 Å². The number of amides is 1. The molecule has 0 atom stereocenters. The van der Waals surface area contributed by atoms with Crippen LogP contribution in [0, 0.1) is 0 Å². The van der Waals surface area contributed by atoms with Crippen molar-refractivity contribution in [3.8, 4) is 0 Å². The van der Waals surface area contributed by atoms with Crippen molar-refractivity contribution in [2.24, 2.45) is 0 Å². The molecule has 0 N–H and O–H groups in total. The highest BCUT2D eigenvalue weighted by atomic mass is 79.9. The van der Waals surface area contributed by atoms with E-state index in [1.54, 1.807) is 0 Å². The van der Waals surface area contributed by atoms with Crippen molar-refractivity contribution in [1.82, 2.24) is 4.90 Å². The van der Waals surface area contributed by atoms with Gasteiger partial charge in [0.2, 0.25) is 0 Å². The Morgan fingerprint density at radius 2 is 2.33 bits per heavy atom. The largest absolute Gasteiger partial charge is 0.453 e. The topological polar surface area (TPSA) is 46.6 Å². The van der Waals surface area contributed by atoms with Gasteiger partial charge in [-0.2, -0.15) is 0 Å². The van der Waals surface area contributed by atoms with E-state index in [1.165, 1.54) is 12.0 Å². The zero-order valence-corrected chi connectivity index (χ0v) is 8.33. The Balaban J connectivity index is 4.11. The van der Waals surface area contributed by atoms with E-state index in [0.29, 0.717) is 10.8 Å². The third kappa shape index (κ3) is 4.12. The zero-order valence-electron chi connectivity index (χ0n) is 6.75. The van der Waals surface area contributed by atoms with Gasteiger partial charge in [0.15, 0.2) is 0 Å². The number of carbonyl (C=O) groups is 2. The Kier molecular flexibility index (Phi) is 5.36. The summed E-state index contributed by atoms with van der Waals surface area (Å²) in [5.74, 6) is 0. The molecule has 0 saturated carbocycles. The van der Waals surface area contributed by atoms with Crippen molar-refractivity contribution >= 4 is 28.3 Å². The molecule has 0 heterocycles. The van der Waals surface area contributed by atoms with Gasteiger partial charge in [-0.05, 0) is 0 Å². The van der Waals surface area contributed by atoms with Gasteiger partial charge in [0, 0.05) is 4.48 Å². The first-order valence-corrected chi connectivity index (χ1v) is 4.01. The zero-order chi connectivity index (χ0) is 9.56. The van der Waals surface area contributed by atoms with E-state index in [9.17, 15) is 9.59 Å². The van der Waals surface area contributed by atoms with Crippen LogP contribution in [0.5, 0.6) is 0 Å². The molecule has 1 amide bonds. The first-order chi connectivity index (χ1) is 5.61. The second-order valence-corrected chi connectivity index (χ2v) is 3.16. The summed E-state index contributed by atoms with van der Waals surface area (Å²) in [4.78, 5) is 22.3. The summed E-state index contributed by atoms with van der Waals surface area (Å²) in [6, 6.07) is 0. The van der Waals surface area contributed by atoms with Gasteiger partial charge in [-0.25, -0.2) is 4.79 Å². The van der Waals surface area contributed by atoms with Crippen LogP contribution in [0.1, 0.15) is 0 Å². The normalized spacial score (nSPS) is 8.83. The number of aldehydes is 1. The maximum absolute atomic E-state index is 10.9.